The van der Waals surface area contributed by atoms with Gasteiger partial charge >= 0.3 is 0 Å². The van der Waals surface area contributed by atoms with Gasteiger partial charge in [0.25, 0.3) is 0 Å². The van der Waals surface area contributed by atoms with Gasteiger partial charge in [0.2, 0.25) is 0 Å². The topological polar surface area (TPSA) is 21.7 Å². The van der Waals surface area contributed by atoms with Crippen LogP contribution in [0.15, 0.2) is 133 Å². The summed E-state index contributed by atoms with van der Waals surface area (Å²) in [6.45, 7) is 4.24. The van der Waals surface area contributed by atoms with E-state index in [1.807, 2.05) is 24.3 Å². The number of methoxy groups -OCH3 is 2. The molecule has 0 N–H and O–H groups in total. The van der Waals surface area contributed by atoms with Crippen LogP contribution >= 0.6 is 0 Å². The molecule has 41 heavy (non-hydrogen) atoms. The van der Waals surface area contributed by atoms with E-state index in [0.29, 0.717) is 0 Å². The van der Waals surface area contributed by atoms with E-state index in [4.69, 9.17) is 9.47 Å². The Labute approximate surface area is 243 Å². The molecule has 0 saturated heterocycles. The van der Waals surface area contributed by atoms with Crippen LogP contribution in [0, 0.1) is 13.8 Å². The van der Waals surface area contributed by atoms with Crippen LogP contribution in [0.3, 0.4) is 0 Å². The number of rotatable bonds is 9. The van der Waals surface area contributed by atoms with Crippen LogP contribution < -0.4 is 14.4 Å². The molecule has 0 unspecified atom stereocenters. The van der Waals surface area contributed by atoms with Gasteiger partial charge in [-0.1, -0.05) is 90.0 Å². The lowest BCUT2D eigenvalue weighted by Gasteiger charge is -2.26. The summed E-state index contributed by atoms with van der Waals surface area (Å²) in [4.78, 5) is 2.22. The second-order valence-electron chi connectivity index (χ2n) is 9.99. The van der Waals surface area contributed by atoms with Gasteiger partial charge in [0.15, 0.2) is 0 Å². The van der Waals surface area contributed by atoms with Crippen molar-refractivity contribution in [1.29, 1.82) is 0 Å². The summed E-state index contributed by atoms with van der Waals surface area (Å²) in [6, 6.07) is 42.2. The van der Waals surface area contributed by atoms with Gasteiger partial charge in [-0.2, -0.15) is 0 Å². The maximum Gasteiger partial charge on any atom is 0.119 e. The molecule has 0 spiro atoms. The summed E-state index contributed by atoms with van der Waals surface area (Å²) in [6.07, 6.45) is 6.48. The Hall–Kier alpha value is -5.02. The predicted octanol–water partition coefficient (Wildman–Crippen LogP) is 9.94. The Balaban J connectivity index is 1.44. The molecule has 0 fully saturated rings. The fourth-order valence-electron chi connectivity index (χ4n) is 4.73. The van der Waals surface area contributed by atoms with Crippen LogP contribution in [0.1, 0.15) is 27.8 Å². The summed E-state index contributed by atoms with van der Waals surface area (Å²) in [5.41, 5.74) is 10.4. The van der Waals surface area contributed by atoms with Crippen molar-refractivity contribution in [3.63, 3.8) is 0 Å². The van der Waals surface area contributed by atoms with Crippen LogP contribution in [0.25, 0.3) is 11.6 Å². The molecule has 204 valence electrons. The number of hydrogen-bond donors (Lipinski definition) is 0. The molecule has 3 nitrogen and oxygen atoms in total. The molecule has 0 aromatic heterocycles. The number of nitrogens with zero attached hydrogens (tertiary/aromatic N) is 1. The fourth-order valence-corrected chi connectivity index (χ4v) is 4.73. The van der Waals surface area contributed by atoms with E-state index in [-0.39, 0.29) is 0 Å². The fraction of sp³-hybridized carbons (Fsp3) is 0.105. The van der Waals surface area contributed by atoms with E-state index >= 15 is 0 Å². The molecule has 0 aliphatic carbocycles. The average Bonchev–Trinajstić information content (AvgIpc) is 3.02. The van der Waals surface area contributed by atoms with Gasteiger partial charge in [-0.15, -0.1) is 0 Å². The van der Waals surface area contributed by atoms with E-state index in [1.165, 1.54) is 27.8 Å². The lowest BCUT2D eigenvalue weighted by atomic mass is 9.96. The van der Waals surface area contributed by atoms with Gasteiger partial charge in [0.1, 0.15) is 11.5 Å². The zero-order valence-electron chi connectivity index (χ0n) is 24.0. The molecule has 0 amide bonds. The molecule has 3 heteroatoms. The minimum atomic E-state index is 0.826. The zero-order valence-corrected chi connectivity index (χ0v) is 24.0. The van der Waals surface area contributed by atoms with Gasteiger partial charge in [0, 0.05) is 17.1 Å². The van der Waals surface area contributed by atoms with E-state index < -0.39 is 0 Å². The first kappa shape index (κ1) is 27.5. The van der Waals surface area contributed by atoms with Crippen molar-refractivity contribution in [2.45, 2.75) is 13.8 Å². The SMILES string of the molecule is COc1ccc(N(c2ccc(/C=C/C=C(c3ccc(C)cc3)c3ccc(C)cc3)cc2)c2ccc(OC)cc2)cc1. The van der Waals surface area contributed by atoms with Gasteiger partial charge in [-0.05, 0) is 96.8 Å². The first-order valence-electron chi connectivity index (χ1n) is 13.7. The van der Waals surface area contributed by atoms with Crippen LogP contribution in [-0.2, 0) is 0 Å². The molecule has 0 aliphatic rings. The standard InChI is InChI=1S/C38H35NO2/c1-28-8-14-31(15-9-28)38(32-16-10-29(2)11-17-32)7-5-6-30-12-18-33(19-13-30)39(34-20-24-36(40-3)25-21-34)35-22-26-37(41-4)27-23-35/h5-27H,1-4H3/b6-5+. The van der Waals surface area contributed by atoms with Crippen molar-refractivity contribution in [2.75, 3.05) is 19.1 Å². The minimum absolute atomic E-state index is 0.826. The number of benzene rings is 5. The highest BCUT2D eigenvalue weighted by atomic mass is 16.5. The predicted molar refractivity (Wildman–Crippen MR) is 173 cm³/mol. The normalized spacial score (nSPS) is 10.8. The number of hydrogen-bond acceptors (Lipinski definition) is 3. The smallest absolute Gasteiger partial charge is 0.119 e. The van der Waals surface area contributed by atoms with E-state index in [2.05, 4.69) is 134 Å². The summed E-state index contributed by atoms with van der Waals surface area (Å²) in [5.74, 6) is 1.65. The maximum atomic E-state index is 5.38. The molecule has 0 heterocycles. The minimum Gasteiger partial charge on any atom is -0.497 e. The van der Waals surface area contributed by atoms with Crippen molar-refractivity contribution < 1.29 is 9.47 Å². The third-order valence-electron chi connectivity index (χ3n) is 7.09. The first-order valence-corrected chi connectivity index (χ1v) is 13.7. The van der Waals surface area contributed by atoms with Crippen LogP contribution in [0.2, 0.25) is 0 Å². The second-order valence-corrected chi connectivity index (χ2v) is 9.99. The highest BCUT2D eigenvalue weighted by Gasteiger charge is 2.13. The number of allylic oxidation sites excluding steroid dienone is 2. The zero-order chi connectivity index (χ0) is 28.6. The van der Waals surface area contributed by atoms with Crippen molar-refractivity contribution in [1.82, 2.24) is 0 Å². The summed E-state index contributed by atoms with van der Waals surface area (Å²) < 4.78 is 10.8. The molecule has 0 atom stereocenters. The van der Waals surface area contributed by atoms with E-state index in [0.717, 1.165) is 34.1 Å². The molecule has 0 radical (unpaired) electrons. The van der Waals surface area contributed by atoms with Crippen molar-refractivity contribution >= 4 is 28.7 Å². The Kier molecular flexibility index (Phi) is 8.66. The summed E-state index contributed by atoms with van der Waals surface area (Å²) in [5, 5.41) is 0. The Bertz CT molecular complexity index is 1520. The Morgan fingerprint density at radius 2 is 0.902 bits per heavy atom. The average molecular weight is 538 g/mol. The largest absolute Gasteiger partial charge is 0.497 e. The van der Waals surface area contributed by atoms with Gasteiger partial charge in [-0.25, -0.2) is 0 Å². The number of aryl methyl sites for hydroxylation is 2. The van der Waals surface area contributed by atoms with Gasteiger partial charge < -0.3 is 14.4 Å². The van der Waals surface area contributed by atoms with Gasteiger partial charge in [-0.3, -0.25) is 0 Å². The maximum absolute atomic E-state index is 5.38. The molecule has 0 saturated carbocycles. The second kappa shape index (κ2) is 12.9. The van der Waals surface area contributed by atoms with E-state index in [1.54, 1.807) is 14.2 Å². The molecule has 0 bridgehead atoms. The number of anilines is 3. The van der Waals surface area contributed by atoms with Crippen molar-refractivity contribution in [2.24, 2.45) is 0 Å². The Morgan fingerprint density at radius 3 is 1.29 bits per heavy atom. The molecule has 0 aliphatic heterocycles. The summed E-state index contributed by atoms with van der Waals surface area (Å²) in [7, 11) is 3.37. The monoisotopic (exact) mass is 537 g/mol. The molecule has 5 rings (SSSR count). The molecular formula is C38H35NO2. The number of ether oxygens (including phenoxy) is 2. The van der Waals surface area contributed by atoms with Crippen LogP contribution in [0.4, 0.5) is 17.1 Å². The Morgan fingerprint density at radius 1 is 0.512 bits per heavy atom. The highest BCUT2D eigenvalue weighted by molar-refractivity contribution is 5.82. The third kappa shape index (κ3) is 6.77. The van der Waals surface area contributed by atoms with Crippen molar-refractivity contribution in [3.05, 3.63) is 161 Å². The van der Waals surface area contributed by atoms with E-state index in [9.17, 15) is 0 Å². The quantitative estimate of drug-likeness (QED) is 0.175. The van der Waals surface area contributed by atoms with Crippen molar-refractivity contribution in [3.8, 4) is 11.5 Å². The third-order valence-corrected chi connectivity index (χ3v) is 7.09. The molecule has 5 aromatic carbocycles. The highest BCUT2D eigenvalue weighted by Crippen LogP contribution is 2.36. The first-order chi connectivity index (χ1) is 20.0. The summed E-state index contributed by atoms with van der Waals surface area (Å²) >= 11 is 0. The van der Waals surface area contributed by atoms with Crippen LogP contribution in [-0.4, -0.2) is 14.2 Å². The molecule has 5 aromatic rings. The molecular weight excluding hydrogens is 502 g/mol. The van der Waals surface area contributed by atoms with Crippen LogP contribution in [0.5, 0.6) is 11.5 Å². The van der Waals surface area contributed by atoms with Gasteiger partial charge in [0.05, 0.1) is 14.2 Å². The lowest BCUT2D eigenvalue weighted by Crippen LogP contribution is -2.09. The lowest BCUT2D eigenvalue weighted by molar-refractivity contribution is 0.415.